The van der Waals surface area contributed by atoms with Crippen LogP contribution in [0.2, 0.25) is 0 Å². The standard InChI is InChI=1S/C20H30N2O3S/c1-4-13-22(16(3)5-2)15-18(23)14-21-26(24,25)20-12-8-10-17-9-6-7-11-19(17)20/h6-12,16,18,21,23H,4-5,13-15H2,1-3H3/t16?,18-/m0/s1. The van der Waals surface area contributed by atoms with Crippen LogP contribution in [0.3, 0.4) is 0 Å². The van der Waals surface area contributed by atoms with E-state index in [0.717, 1.165) is 24.8 Å². The van der Waals surface area contributed by atoms with E-state index in [1.54, 1.807) is 18.2 Å². The molecule has 0 fully saturated rings. The molecule has 0 amide bonds. The van der Waals surface area contributed by atoms with Crippen LogP contribution in [0.15, 0.2) is 47.4 Å². The SMILES string of the molecule is CCCN(C[C@@H](O)CNS(=O)(=O)c1cccc2ccccc12)C(C)CC. The first kappa shape index (κ1) is 20.8. The molecule has 1 unspecified atom stereocenters. The van der Waals surface area contributed by atoms with E-state index >= 15 is 0 Å². The van der Waals surface area contributed by atoms with Crippen LogP contribution < -0.4 is 4.72 Å². The van der Waals surface area contributed by atoms with Crippen molar-refractivity contribution in [3.8, 4) is 0 Å². The molecule has 0 bridgehead atoms. The Morgan fingerprint density at radius 2 is 1.81 bits per heavy atom. The van der Waals surface area contributed by atoms with Crippen LogP contribution in [-0.2, 0) is 10.0 Å². The van der Waals surface area contributed by atoms with E-state index in [-0.39, 0.29) is 11.4 Å². The highest BCUT2D eigenvalue weighted by Crippen LogP contribution is 2.22. The van der Waals surface area contributed by atoms with Crippen molar-refractivity contribution in [3.05, 3.63) is 42.5 Å². The van der Waals surface area contributed by atoms with E-state index in [4.69, 9.17) is 0 Å². The third kappa shape index (κ3) is 5.27. The van der Waals surface area contributed by atoms with E-state index < -0.39 is 16.1 Å². The molecule has 0 aliphatic carbocycles. The zero-order valence-corrected chi connectivity index (χ0v) is 16.7. The van der Waals surface area contributed by atoms with Gasteiger partial charge < -0.3 is 5.11 Å². The van der Waals surface area contributed by atoms with Gasteiger partial charge in [-0.1, -0.05) is 50.2 Å². The number of nitrogens with zero attached hydrogens (tertiary/aromatic N) is 1. The Balaban J connectivity index is 2.07. The molecule has 0 aromatic heterocycles. The van der Waals surface area contributed by atoms with Crippen LogP contribution in [0.4, 0.5) is 0 Å². The average Bonchev–Trinajstić information content (AvgIpc) is 2.65. The monoisotopic (exact) mass is 378 g/mol. The molecule has 0 aliphatic rings. The van der Waals surface area contributed by atoms with Crippen molar-refractivity contribution in [2.45, 2.75) is 50.7 Å². The minimum atomic E-state index is -3.68. The van der Waals surface area contributed by atoms with Crippen LogP contribution in [-0.4, -0.2) is 50.2 Å². The van der Waals surface area contributed by atoms with Gasteiger partial charge in [-0.3, -0.25) is 4.90 Å². The molecule has 0 saturated carbocycles. The van der Waals surface area contributed by atoms with Crippen LogP contribution >= 0.6 is 0 Å². The molecule has 0 saturated heterocycles. The summed E-state index contributed by atoms with van der Waals surface area (Å²) in [5, 5.41) is 11.9. The second-order valence-corrected chi connectivity index (χ2v) is 8.47. The highest BCUT2D eigenvalue weighted by Gasteiger charge is 2.20. The lowest BCUT2D eigenvalue weighted by atomic mass is 10.1. The number of benzene rings is 2. The first-order valence-corrected chi connectivity index (χ1v) is 10.8. The predicted octanol–water partition coefficient (Wildman–Crippen LogP) is 2.99. The van der Waals surface area contributed by atoms with Gasteiger partial charge in [0.1, 0.15) is 0 Å². The van der Waals surface area contributed by atoms with E-state index in [0.29, 0.717) is 18.0 Å². The molecule has 5 nitrogen and oxygen atoms in total. The van der Waals surface area contributed by atoms with Gasteiger partial charge in [0, 0.05) is 24.5 Å². The van der Waals surface area contributed by atoms with Crippen LogP contribution in [0, 0.1) is 0 Å². The average molecular weight is 379 g/mol. The molecule has 26 heavy (non-hydrogen) atoms. The third-order valence-electron chi connectivity index (χ3n) is 4.72. The molecule has 2 N–H and O–H groups in total. The summed E-state index contributed by atoms with van der Waals surface area (Å²) < 4.78 is 28.0. The lowest BCUT2D eigenvalue weighted by Gasteiger charge is -2.30. The lowest BCUT2D eigenvalue weighted by Crippen LogP contribution is -2.43. The van der Waals surface area contributed by atoms with Gasteiger partial charge in [0.2, 0.25) is 10.0 Å². The number of hydrogen-bond acceptors (Lipinski definition) is 4. The van der Waals surface area contributed by atoms with Gasteiger partial charge in [0.15, 0.2) is 0 Å². The normalized spacial score (nSPS) is 14.7. The Morgan fingerprint density at radius 3 is 2.50 bits per heavy atom. The Kier molecular flexibility index (Phi) is 7.58. The maximum atomic E-state index is 12.7. The predicted molar refractivity (Wildman–Crippen MR) is 107 cm³/mol. The number of aliphatic hydroxyl groups is 1. The number of rotatable bonds is 10. The number of aliphatic hydroxyl groups excluding tert-OH is 1. The highest BCUT2D eigenvalue weighted by molar-refractivity contribution is 7.89. The minimum absolute atomic E-state index is 0.00219. The Hall–Kier alpha value is -1.47. The molecule has 0 aliphatic heterocycles. The first-order valence-electron chi connectivity index (χ1n) is 9.28. The van der Waals surface area contributed by atoms with Crippen LogP contribution in [0.25, 0.3) is 10.8 Å². The summed E-state index contributed by atoms with van der Waals surface area (Å²) in [6, 6.07) is 13.0. The third-order valence-corrected chi connectivity index (χ3v) is 6.20. The number of hydrogen-bond donors (Lipinski definition) is 2. The molecule has 0 spiro atoms. The maximum absolute atomic E-state index is 12.7. The molecule has 0 heterocycles. The lowest BCUT2D eigenvalue weighted by molar-refractivity contribution is 0.0925. The van der Waals surface area contributed by atoms with Gasteiger partial charge in [-0.25, -0.2) is 13.1 Å². The summed E-state index contributed by atoms with van der Waals surface area (Å²) in [7, 11) is -3.68. The zero-order chi connectivity index (χ0) is 19.2. The van der Waals surface area contributed by atoms with E-state index in [9.17, 15) is 13.5 Å². The fourth-order valence-electron chi connectivity index (χ4n) is 3.09. The number of sulfonamides is 1. The molecular formula is C20H30N2O3S. The molecule has 2 aromatic carbocycles. The van der Waals surface area contributed by atoms with Gasteiger partial charge in [0.25, 0.3) is 0 Å². The Labute approximate surface area is 157 Å². The molecule has 2 rings (SSSR count). The molecular weight excluding hydrogens is 348 g/mol. The van der Waals surface area contributed by atoms with E-state index in [1.807, 2.05) is 24.3 Å². The summed E-state index contributed by atoms with van der Waals surface area (Å²) in [5.74, 6) is 0. The topological polar surface area (TPSA) is 69.6 Å². The fourth-order valence-corrected chi connectivity index (χ4v) is 4.39. The van der Waals surface area contributed by atoms with Crippen LogP contribution in [0.5, 0.6) is 0 Å². The van der Waals surface area contributed by atoms with Gasteiger partial charge in [0.05, 0.1) is 11.0 Å². The van der Waals surface area contributed by atoms with Gasteiger partial charge in [-0.15, -0.1) is 0 Å². The van der Waals surface area contributed by atoms with Crippen molar-refractivity contribution in [1.29, 1.82) is 0 Å². The quantitative estimate of drug-likeness (QED) is 0.667. The van der Waals surface area contributed by atoms with E-state index in [2.05, 4.69) is 30.4 Å². The van der Waals surface area contributed by atoms with Crippen molar-refractivity contribution in [3.63, 3.8) is 0 Å². The largest absolute Gasteiger partial charge is 0.390 e. The highest BCUT2D eigenvalue weighted by atomic mass is 32.2. The van der Waals surface area contributed by atoms with Crippen molar-refractivity contribution in [2.24, 2.45) is 0 Å². The molecule has 6 heteroatoms. The first-order chi connectivity index (χ1) is 12.4. The Bertz CT molecular complexity index is 802. The minimum Gasteiger partial charge on any atom is -0.390 e. The van der Waals surface area contributed by atoms with E-state index in [1.165, 1.54) is 0 Å². The molecule has 144 valence electrons. The second-order valence-electron chi connectivity index (χ2n) is 6.74. The van der Waals surface area contributed by atoms with Crippen molar-refractivity contribution in [2.75, 3.05) is 19.6 Å². The Morgan fingerprint density at radius 1 is 1.12 bits per heavy atom. The summed E-state index contributed by atoms with van der Waals surface area (Å²) in [6.07, 6.45) is 1.24. The van der Waals surface area contributed by atoms with Gasteiger partial charge in [-0.05, 0) is 37.8 Å². The zero-order valence-electron chi connectivity index (χ0n) is 15.9. The second kappa shape index (κ2) is 9.46. The van der Waals surface area contributed by atoms with Gasteiger partial charge in [-0.2, -0.15) is 0 Å². The summed E-state index contributed by atoms with van der Waals surface area (Å²) in [5.41, 5.74) is 0. The smallest absolute Gasteiger partial charge is 0.241 e. The summed E-state index contributed by atoms with van der Waals surface area (Å²) >= 11 is 0. The molecule has 2 aromatic rings. The van der Waals surface area contributed by atoms with Crippen molar-refractivity contribution in [1.82, 2.24) is 9.62 Å². The number of fused-ring (bicyclic) bond motifs is 1. The maximum Gasteiger partial charge on any atom is 0.241 e. The summed E-state index contributed by atoms with van der Waals surface area (Å²) in [6.45, 7) is 7.70. The van der Waals surface area contributed by atoms with Crippen LogP contribution in [0.1, 0.15) is 33.6 Å². The number of nitrogens with one attached hydrogen (secondary N) is 1. The van der Waals surface area contributed by atoms with Crippen molar-refractivity contribution >= 4 is 20.8 Å². The fraction of sp³-hybridized carbons (Fsp3) is 0.500. The summed E-state index contributed by atoms with van der Waals surface area (Å²) in [4.78, 5) is 2.45. The molecule has 2 atom stereocenters. The van der Waals surface area contributed by atoms with Gasteiger partial charge >= 0.3 is 0 Å². The van der Waals surface area contributed by atoms with Crippen molar-refractivity contribution < 1.29 is 13.5 Å². The molecule has 0 radical (unpaired) electrons.